The lowest BCUT2D eigenvalue weighted by atomic mass is 10.1. The minimum Gasteiger partial charge on any atom is -0.484 e. The number of aryl methyl sites for hydroxylation is 2. The van der Waals surface area contributed by atoms with Crippen molar-refractivity contribution in [1.82, 2.24) is 10.2 Å². The van der Waals surface area contributed by atoms with Gasteiger partial charge in [0.25, 0.3) is 5.91 Å². The fraction of sp³-hybridized carbons (Fsp3) is 0.556. The van der Waals surface area contributed by atoms with Gasteiger partial charge in [-0.25, -0.2) is 0 Å². The molecule has 1 heterocycles. The van der Waals surface area contributed by atoms with Crippen LogP contribution in [0.3, 0.4) is 0 Å². The van der Waals surface area contributed by atoms with Crippen molar-refractivity contribution in [1.29, 1.82) is 0 Å². The molecule has 0 atom stereocenters. The molecule has 124 valence electrons. The number of nitrogens with zero attached hydrogens (tertiary/aromatic N) is 1. The SMILES string of the molecule is O=C(COc1ccc2c(c1)CCC2)NCCC(=O)N1CCCC1. The molecule has 5 heteroatoms. The molecule has 0 saturated carbocycles. The third-order valence-electron chi connectivity index (χ3n) is 4.56. The first-order valence-electron chi connectivity index (χ1n) is 8.51. The molecule has 2 amide bonds. The monoisotopic (exact) mass is 316 g/mol. The summed E-state index contributed by atoms with van der Waals surface area (Å²) in [6.07, 6.45) is 5.98. The molecule has 1 N–H and O–H groups in total. The van der Waals surface area contributed by atoms with Crippen LogP contribution < -0.4 is 10.1 Å². The van der Waals surface area contributed by atoms with E-state index in [4.69, 9.17) is 4.74 Å². The summed E-state index contributed by atoms with van der Waals surface area (Å²) in [5, 5.41) is 2.75. The number of hydrogen-bond acceptors (Lipinski definition) is 3. The smallest absolute Gasteiger partial charge is 0.257 e. The second-order valence-electron chi connectivity index (χ2n) is 6.26. The molecule has 1 aliphatic heterocycles. The van der Waals surface area contributed by atoms with Crippen LogP contribution in [0.2, 0.25) is 0 Å². The molecule has 3 rings (SSSR count). The summed E-state index contributed by atoms with van der Waals surface area (Å²) in [4.78, 5) is 25.5. The van der Waals surface area contributed by atoms with Crippen molar-refractivity contribution in [3.8, 4) is 5.75 Å². The van der Waals surface area contributed by atoms with E-state index < -0.39 is 0 Å². The third-order valence-corrected chi connectivity index (χ3v) is 4.56. The Morgan fingerprint density at radius 2 is 1.87 bits per heavy atom. The van der Waals surface area contributed by atoms with E-state index in [9.17, 15) is 9.59 Å². The van der Waals surface area contributed by atoms with Gasteiger partial charge >= 0.3 is 0 Å². The van der Waals surface area contributed by atoms with Crippen LogP contribution in [0.15, 0.2) is 18.2 Å². The van der Waals surface area contributed by atoms with E-state index >= 15 is 0 Å². The van der Waals surface area contributed by atoms with Gasteiger partial charge in [-0.05, 0) is 55.4 Å². The van der Waals surface area contributed by atoms with Crippen LogP contribution in [0.25, 0.3) is 0 Å². The Labute approximate surface area is 137 Å². The zero-order valence-corrected chi connectivity index (χ0v) is 13.5. The summed E-state index contributed by atoms with van der Waals surface area (Å²) in [6.45, 7) is 2.08. The van der Waals surface area contributed by atoms with E-state index in [-0.39, 0.29) is 18.4 Å². The highest BCUT2D eigenvalue weighted by molar-refractivity contribution is 5.80. The van der Waals surface area contributed by atoms with Gasteiger partial charge in [0.15, 0.2) is 6.61 Å². The van der Waals surface area contributed by atoms with Crippen LogP contribution in [-0.4, -0.2) is 43.0 Å². The van der Waals surface area contributed by atoms with Gasteiger partial charge in [0.2, 0.25) is 5.91 Å². The predicted molar refractivity (Wildman–Crippen MR) is 87.4 cm³/mol. The topological polar surface area (TPSA) is 58.6 Å². The summed E-state index contributed by atoms with van der Waals surface area (Å²) in [7, 11) is 0. The van der Waals surface area contributed by atoms with Crippen LogP contribution >= 0.6 is 0 Å². The van der Waals surface area contributed by atoms with Crippen molar-refractivity contribution >= 4 is 11.8 Å². The fourth-order valence-corrected chi connectivity index (χ4v) is 3.27. The van der Waals surface area contributed by atoms with E-state index in [2.05, 4.69) is 11.4 Å². The molecular weight excluding hydrogens is 292 g/mol. The van der Waals surface area contributed by atoms with Crippen LogP contribution in [0.4, 0.5) is 0 Å². The van der Waals surface area contributed by atoms with Crippen LogP contribution in [0.1, 0.15) is 36.8 Å². The van der Waals surface area contributed by atoms with Crippen LogP contribution in [0.5, 0.6) is 5.75 Å². The van der Waals surface area contributed by atoms with Crippen molar-refractivity contribution < 1.29 is 14.3 Å². The summed E-state index contributed by atoms with van der Waals surface area (Å²) < 4.78 is 5.54. The van der Waals surface area contributed by atoms with Gasteiger partial charge < -0.3 is 15.0 Å². The summed E-state index contributed by atoms with van der Waals surface area (Å²) in [5.74, 6) is 0.691. The van der Waals surface area contributed by atoms with E-state index in [1.807, 2.05) is 17.0 Å². The molecule has 0 unspecified atom stereocenters. The fourth-order valence-electron chi connectivity index (χ4n) is 3.27. The molecule has 0 spiro atoms. The molecule has 23 heavy (non-hydrogen) atoms. The van der Waals surface area contributed by atoms with Gasteiger partial charge in [-0.15, -0.1) is 0 Å². The quantitative estimate of drug-likeness (QED) is 0.869. The van der Waals surface area contributed by atoms with Crippen molar-refractivity contribution in [3.63, 3.8) is 0 Å². The lowest BCUT2D eigenvalue weighted by molar-refractivity contribution is -0.130. The molecule has 1 saturated heterocycles. The van der Waals surface area contributed by atoms with Crippen molar-refractivity contribution in [2.24, 2.45) is 0 Å². The number of hydrogen-bond donors (Lipinski definition) is 1. The second-order valence-corrected chi connectivity index (χ2v) is 6.26. The Balaban J connectivity index is 1.35. The molecular formula is C18H24N2O3. The maximum Gasteiger partial charge on any atom is 0.257 e. The maximum atomic E-state index is 11.9. The zero-order valence-electron chi connectivity index (χ0n) is 13.5. The van der Waals surface area contributed by atoms with E-state index in [0.717, 1.165) is 44.5 Å². The number of likely N-dealkylation sites (tertiary alicyclic amines) is 1. The minimum absolute atomic E-state index is 0.00328. The molecule has 1 aromatic rings. The number of ether oxygens (including phenoxy) is 1. The average Bonchev–Trinajstić information content (AvgIpc) is 3.23. The highest BCUT2D eigenvalue weighted by Crippen LogP contribution is 2.25. The lowest BCUT2D eigenvalue weighted by Gasteiger charge is -2.15. The number of carbonyl (C=O) groups excluding carboxylic acids is 2. The summed E-state index contributed by atoms with van der Waals surface area (Å²) in [5.41, 5.74) is 2.72. The van der Waals surface area contributed by atoms with Gasteiger partial charge in [0, 0.05) is 26.1 Å². The molecule has 0 aromatic heterocycles. The van der Waals surface area contributed by atoms with Crippen molar-refractivity contribution in [2.45, 2.75) is 38.5 Å². The molecule has 0 radical (unpaired) electrons. The Morgan fingerprint density at radius 1 is 1.09 bits per heavy atom. The largest absolute Gasteiger partial charge is 0.484 e. The van der Waals surface area contributed by atoms with Gasteiger partial charge in [-0.2, -0.15) is 0 Å². The van der Waals surface area contributed by atoms with Gasteiger partial charge in [-0.3, -0.25) is 9.59 Å². The highest BCUT2D eigenvalue weighted by atomic mass is 16.5. The number of rotatable bonds is 6. The zero-order chi connectivity index (χ0) is 16.1. The van der Waals surface area contributed by atoms with Crippen LogP contribution in [0, 0.1) is 0 Å². The normalized spacial score (nSPS) is 16.3. The second kappa shape index (κ2) is 7.49. The summed E-state index contributed by atoms with van der Waals surface area (Å²) in [6, 6.07) is 6.05. The van der Waals surface area contributed by atoms with E-state index in [1.54, 1.807) is 0 Å². The van der Waals surface area contributed by atoms with E-state index in [0.29, 0.717) is 13.0 Å². The third kappa shape index (κ3) is 4.24. The first-order chi connectivity index (χ1) is 11.2. The first-order valence-corrected chi connectivity index (χ1v) is 8.51. The van der Waals surface area contributed by atoms with Crippen molar-refractivity contribution in [3.05, 3.63) is 29.3 Å². The molecule has 0 bridgehead atoms. The summed E-state index contributed by atoms with van der Waals surface area (Å²) >= 11 is 0. The lowest BCUT2D eigenvalue weighted by Crippen LogP contribution is -2.34. The molecule has 2 aliphatic rings. The Kier molecular flexibility index (Phi) is 5.16. The number of benzene rings is 1. The van der Waals surface area contributed by atoms with Crippen molar-refractivity contribution in [2.75, 3.05) is 26.2 Å². The molecule has 5 nitrogen and oxygen atoms in total. The van der Waals surface area contributed by atoms with Gasteiger partial charge in [0.1, 0.15) is 5.75 Å². The standard InChI is InChI=1S/C18H24N2O3/c21-17(19-9-8-18(22)20-10-1-2-11-20)13-23-16-7-6-14-4-3-5-15(14)12-16/h6-7,12H,1-5,8-11,13H2,(H,19,21). The number of carbonyl (C=O) groups is 2. The Hall–Kier alpha value is -2.04. The number of fused-ring (bicyclic) bond motifs is 1. The van der Waals surface area contributed by atoms with Crippen LogP contribution in [-0.2, 0) is 22.4 Å². The number of amides is 2. The maximum absolute atomic E-state index is 11.9. The van der Waals surface area contributed by atoms with Gasteiger partial charge in [0.05, 0.1) is 0 Å². The van der Waals surface area contributed by atoms with E-state index in [1.165, 1.54) is 17.5 Å². The molecule has 1 aromatic carbocycles. The Morgan fingerprint density at radius 3 is 2.70 bits per heavy atom. The Bertz CT molecular complexity index is 580. The molecule has 1 aliphatic carbocycles. The highest BCUT2D eigenvalue weighted by Gasteiger charge is 2.17. The minimum atomic E-state index is -0.181. The van der Waals surface area contributed by atoms with Gasteiger partial charge in [-0.1, -0.05) is 6.07 Å². The number of nitrogens with one attached hydrogen (secondary N) is 1. The predicted octanol–water partition coefficient (Wildman–Crippen LogP) is 1.68. The molecule has 1 fully saturated rings. The first kappa shape index (κ1) is 15.8. The average molecular weight is 316 g/mol.